The Morgan fingerprint density at radius 1 is 1.12 bits per heavy atom. The zero-order valence-electron chi connectivity index (χ0n) is 13.9. The third kappa shape index (κ3) is 2.88. The number of carbonyl (C=O) groups excluding carboxylic acids is 1. The predicted octanol–water partition coefficient (Wildman–Crippen LogP) is 3.13. The number of hydrogen-bond donors (Lipinski definition) is 0. The SMILES string of the molecule is COC(=O)C1=CC(OC)CC(OC)(c2ccc3ccccc3c2)O1. The lowest BCUT2D eigenvalue weighted by Crippen LogP contribution is -2.40. The van der Waals surface area contributed by atoms with Crippen LogP contribution in [0.2, 0.25) is 0 Å². The summed E-state index contributed by atoms with van der Waals surface area (Å²) >= 11 is 0. The van der Waals surface area contributed by atoms with E-state index in [2.05, 4.69) is 0 Å². The van der Waals surface area contributed by atoms with Gasteiger partial charge in [-0.05, 0) is 22.9 Å². The Bertz CT molecular complexity index is 782. The van der Waals surface area contributed by atoms with Gasteiger partial charge in [-0.2, -0.15) is 0 Å². The highest BCUT2D eigenvalue weighted by Crippen LogP contribution is 2.39. The van der Waals surface area contributed by atoms with Crippen LogP contribution in [0.1, 0.15) is 12.0 Å². The van der Waals surface area contributed by atoms with Crippen LogP contribution in [-0.2, 0) is 29.5 Å². The monoisotopic (exact) mass is 328 g/mol. The van der Waals surface area contributed by atoms with E-state index in [9.17, 15) is 4.79 Å². The van der Waals surface area contributed by atoms with Crippen molar-refractivity contribution >= 4 is 16.7 Å². The van der Waals surface area contributed by atoms with Gasteiger partial charge in [-0.25, -0.2) is 4.79 Å². The molecule has 2 unspecified atom stereocenters. The molecule has 2 atom stereocenters. The van der Waals surface area contributed by atoms with Crippen LogP contribution in [0.25, 0.3) is 10.8 Å². The molecule has 2 aromatic rings. The summed E-state index contributed by atoms with van der Waals surface area (Å²) in [5.74, 6) is -1.58. The van der Waals surface area contributed by atoms with Crippen LogP contribution in [0.15, 0.2) is 54.3 Å². The first-order valence-corrected chi connectivity index (χ1v) is 7.68. The lowest BCUT2D eigenvalue weighted by atomic mass is 9.94. The van der Waals surface area contributed by atoms with Crippen molar-refractivity contribution in [2.45, 2.75) is 18.3 Å². The average molecular weight is 328 g/mol. The fraction of sp³-hybridized carbons (Fsp3) is 0.316. The molecule has 1 aliphatic rings. The van der Waals surface area contributed by atoms with Gasteiger partial charge in [0.1, 0.15) is 0 Å². The Hall–Kier alpha value is -2.37. The Morgan fingerprint density at radius 3 is 2.54 bits per heavy atom. The zero-order valence-corrected chi connectivity index (χ0v) is 13.9. The first kappa shape index (κ1) is 16.5. The molecule has 0 saturated heterocycles. The molecule has 0 radical (unpaired) electrons. The molecule has 0 aromatic heterocycles. The van der Waals surface area contributed by atoms with Crippen molar-refractivity contribution in [1.29, 1.82) is 0 Å². The molecule has 24 heavy (non-hydrogen) atoms. The lowest BCUT2D eigenvalue weighted by molar-refractivity contribution is -0.235. The van der Waals surface area contributed by atoms with Crippen LogP contribution in [0.4, 0.5) is 0 Å². The standard InChI is InChI=1S/C19H20O5/c1-21-16-11-17(18(20)22-2)24-19(12-16,23-3)15-9-8-13-6-4-5-7-14(13)10-15/h4-11,16H,12H2,1-3H3. The Balaban J connectivity index is 2.06. The van der Waals surface area contributed by atoms with Crippen LogP contribution in [0.5, 0.6) is 0 Å². The number of ether oxygens (including phenoxy) is 4. The minimum atomic E-state index is -1.11. The van der Waals surface area contributed by atoms with Gasteiger partial charge in [0, 0.05) is 26.2 Å². The molecule has 5 heteroatoms. The maximum absolute atomic E-state index is 11.9. The summed E-state index contributed by atoms with van der Waals surface area (Å²) in [6, 6.07) is 14.0. The molecule has 0 spiro atoms. The number of esters is 1. The Labute approximate surface area is 140 Å². The smallest absolute Gasteiger partial charge is 0.373 e. The maximum Gasteiger partial charge on any atom is 0.373 e. The first-order chi connectivity index (χ1) is 11.6. The molecule has 0 bridgehead atoms. The highest BCUT2D eigenvalue weighted by molar-refractivity contribution is 5.86. The molecule has 3 rings (SSSR count). The third-order valence-corrected chi connectivity index (χ3v) is 4.29. The van der Waals surface area contributed by atoms with Gasteiger partial charge in [-0.3, -0.25) is 0 Å². The van der Waals surface area contributed by atoms with E-state index in [0.29, 0.717) is 6.42 Å². The summed E-state index contributed by atoms with van der Waals surface area (Å²) in [5.41, 5.74) is 0.820. The number of methoxy groups -OCH3 is 3. The molecule has 2 aromatic carbocycles. The fourth-order valence-electron chi connectivity index (χ4n) is 2.95. The number of fused-ring (bicyclic) bond motifs is 1. The highest BCUT2D eigenvalue weighted by atomic mass is 16.7. The number of carbonyl (C=O) groups is 1. The van der Waals surface area contributed by atoms with E-state index in [-0.39, 0.29) is 11.9 Å². The highest BCUT2D eigenvalue weighted by Gasteiger charge is 2.43. The van der Waals surface area contributed by atoms with E-state index in [1.807, 2.05) is 42.5 Å². The Morgan fingerprint density at radius 2 is 1.88 bits per heavy atom. The maximum atomic E-state index is 11.9. The van der Waals surface area contributed by atoms with E-state index in [0.717, 1.165) is 16.3 Å². The van der Waals surface area contributed by atoms with Crippen molar-refractivity contribution in [2.24, 2.45) is 0 Å². The lowest BCUT2D eigenvalue weighted by Gasteiger charge is -2.38. The van der Waals surface area contributed by atoms with Crippen molar-refractivity contribution in [3.8, 4) is 0 Å². The van der Waals surface area contributed by atoms with Crippen LogP contribution in [0.3, 0.4) is 0 Å². The molecule has 0 N–H and O–H groups in total. The molecule has 1 aliphatic heterocycles. The van der Waals surface area contributed by atoms with Crippen LogP contribution in [0, 0.1) is 0 Å². The summed E-state index contributed by atoms with van der Waals surface area (Å²) < 4.78 is 21.9. The van der Waals surface area contributed by atoms with Crippen LogP contribution >= 0.6 is 0 Å². The van der Waals surface area contributed by atoms with Gasteiger partial charge in [-0.15, -0.1) is 0 Å². The Kier molecular flexibility index (Phi) is 4.55. The summed E-state index contributed by atoms with van der Waals surface area (Å²) in [7, 11) is 4.46. The van der Waals surface area contributed by atoms with Crippen molar-refractivity contribution in [1.82, 2.24) is 0 Å². The molecule has 5 nitrogen and oxygen atoms in total. The molecular formula is C19H20O5. The second-order valence-electron chi connectivity index (χ2n) is 5.62. The van der Waals surface area contributed by atoms with Gasteiger partial charge in [0.2, 0.25) is 11.5 Å². The van der Waals surface area contributed by atoms with Crippen molar-refractivity contribution in [3.05, 3.63) is 59.9 Å². The van der Waals surface area contributed by atoms with Gasteiger partial charge < -0.3 is 18.9 Å². The topological polar surface area (TPSA) is 54.0 Å². The number of rotatable bonds is 4. The largest absolute Gasteiger partial charge is 0.463 e. The summed E-state index contributed by atoms with van der Waals surface area (Å²) in [5, 5.41) is 2.19. The van der Waals surface area contributed by atoms with Gasteiger partial charge in [0.25, 0.3) is 0 Å². The first-order valence-electron chi connectivity index (χ1n) is 7.68. The predicted molar refractivity (Wildman–Crippen MR) is 89.2 cm³/mol. The molecule has 0 aliphatic carbocycles. The minimum absolute atomic E-state index is 0.0885. The van der Waals surface area contributed by atoms with Crippen molar-refractivity contribution in [3.63, 3.8) is 0 Å². The number of hydrogen-bond acceptors (Lipinski definition) is 5. The third-order valence-electron chi connectivity index (χ3n) is 4.29. The normalized spacial score (nSPS) is 23.5. The van der Waals surface area contributed by atoms with Gasteiger partial charge in [-0.1, -0.05) is 36.4 Å². The quantitative estimate of drug-likeness (QED) is 0.807. The van der Waals surface area contributed by atoms with E-state index in [1.54, 1.807) is 20.3 Å². The fourth-order valence-corrected chi connectivity index (χ4v) is 2.95. The van der Waals surface area contributed by atoms with E-state index >= 15 is 0 Å². The molecule has 0 fully saturated rings. The van der Waals surface area contributed by atoms with Gasteiger partial charge >= 0.3 is 5.97 Å². The van der Waals surface area contributed by atoms with Crippen molar-refractivity contribution in [2.75, 3.05) is 21.3 Å². The van der Waals surface area contributed by atoms with Crippen molar-refractivity contribution < 1.29 is 23.7 Å². The van der Waals surface area contributed by atoms with E-state index in [1.165, 1.54) is 7.11 Å². The molecule has 0 saturated carbocycles. The average Bonchev–Trinajstić information content (AvgIpc) is 2.66. The van der Waals surface area contributed by atoms with Gasteiger partial charge in [0.05, 0.1) is 13.2 Å². The molecule has 126 valence electrons. The van der Waals surface area contributed by atoms with Crippen LogP contribution < -0.4 is 0 Å². The second kappa shape index (κ2) is 6.63. The molecule has 0 amide bonds. The molecule has 1 heterocycles. The molecular weight excluding hydrogens is 308 g/mol. The van der Waals surface area contributed by atoms with E-state index < -0.39 is 11.8 Å². The number of benzene rings is 2. The summed E-state index contributed by atoms with van der Waals surface area (Å²) in [6.07, 6.45) is 1.72. The zero-order chi connectivity index (χ0) is 17.2. The van der Waals surface area contributed by atoms with Crippen LogP contribution in [-0.4, -0.2) is 33.4 Å². The van der Waals surface area contributed by atoms with Gasteiger partial charge in [0.15, 0.2) is 0 Å². The summed E-state index contributed by atoms with van der Waals surface area (Å²) in [4.78, 5) is 11.9. The minimum Gasteiger partial charge on any atom is -0.463 e. The van der Waals surface area contributed by atoms with E-state index in [4.69, 9.17) is 18.9 Å². The summed E-state index contributed by atoms with van der Waals surface area (Å²) in [6.45, 7) is 0. The second-order valence-corrected chi connectivity index (χ2v) is 5.62.